The molecule has 0 saturated carbocycles. The highest BCUT2D eigenvalue weighted by atomic mass is 16.2. The Morgan fingerprint density at radius 3 is 2.48 bits per heavy atom. The Labute approximate surface area is 161 Å². The number of benzene rings is 2. The van der Waals surface area contributed by atoms with Gasteiger partial charge in [0.2, 0.25) is 5.91 Å². The van der Waals surface area contributed by atoms with Crippen LogP contribution in [0.4, 0.5) is 5.69 Å². The van der Waals surface area contributed by atoms with E-state index in [9.17, 15) is 9.59 Å². The van der Waals surface area contributed by atoms with Crippen LogP contribution in [0.2, 0.25) is 0 Å². The van der Waals surface area contributed by atoms with E-state index in [1.807, 2.05) is 30.3 Å². The zero-order valence-corrected chi connectivity index (χ0v) is 16.0. The second kappa shape index (κ2) is 9.47. The predicted molar refractivity (Wildman–Crippen MR) is 109 cm³/mol. The Morgan fingerprint density at radius 2 is 1.78 bits per heavy atom. The van der Waals surface area contributed by atoms with Crippen LogP contribution in [0.5, 0.6) is 0 Å². The average molecular weight is 364 g/mol. The first kappa shape index (κ1) is 19.3. The second-order valence-corrected chi connectivity index (χ2v) is 7.52. The van der Waals surface area contributed by atoms with E-state index in [2.05, 4.69) is 29.3 Å². The van der Waals surface area contributed by atoms with Gasteiger partial charge < -0.3 is 5.32 Å². The van der Waals surface area contributed by atoms with Crippen LogP contribution in [0.1, 0.15) is 48.5 Å². The maximum absolute atomic E-state index is 12.1. The first-order valence-corrected chi connectivity index (χ1v) is 9.79. The molecular formula is C23H28N2O2. The summed E-state index contributed by atoms with van der Waals surface area (Å²) in [5.41, 5.74) is 2.70. The fraction of sp³-hybridized carbons (Fsp3) is 0.391. The molecule has 0 aromatic heterocycles. The Kier molecular flexibility index (Phi) is 6.77. The van der Waals surface area contributed by atoms with Gasteiger partial charge in [-0.1, -0.05) is 49.4 Å². The molecule has 3 rings (SSSR count). The van der Waals surface area contributed by atoms with Gasteiger partial charge >= 0.3 is 0 Å². The molecule has 0 unspecified atom stereocenters. The van der Waals surface area contributed by atoms with Gasteiger partial charge in [-0.15, -0.1) is 0 Å². The molecule has 1 aliphatic rings. The standard InChI is InChI=1S/C23H28N2O2/c1-18-6-5-15-25(16-18)17-19-9-11-21(12-10-19)24-23(27)14-13-22(26)20-7-3-2-4-8-20/h2-4,7-12,18H,5-6,13-17H2,1H3,(H,24,27)/t18-/m0/s1. The van der Waals surface area contributed by atoms with Gasteiger partial charge in [0.05, 0.1) is 0 Å². The van der Waals surface area contributed by atoms with Crippen LogP contribution in [-0.2, 0) is 11.3 Å². The molecule has 0 bridgehead atoms. The Balaban J connectivity index is 1.45. The normalized spacial score (nSPS) is 17.4. The van der Waals surface area contributed by atoms with Crippen molar-refractivity contribution in [3.8, 4) is 0 Å². The van der Waals surface area contributed by atoms with E-state index >= 15 is 0 Å². The summed E-state index contributed by atoms with van der Waals surface area (Å²) < 4.78 is 0. The van der Waals surface area contributed by atoms with Gasteiger partial charge in [0.1, 0.15) is 0 Å². The lowest BCUT2D eigenvalue weighted by Gasteiger charge is -2.30. The zero-order chi connectivity index (χ0) is 19.1. The molecule has 2 aromatic carbocycles. The molecule has 4 nitrogen and oxygen atoms in total. The van der Waals surface area contributed by atoms with E-state index in [1.165, 1.54) is 18.4 Å². The van der Waals surface area contributed by atoms with Gasteiger partial charge in [0.15, 0.2) is 5.78 Å². The largest absolute Gasteiger partial charge is 0.326 e. The molecule has 1 N–H and O–H groups in total. The summed E-state index contributed by atoms with van der Waals surface area (Å²) in [6, 6.07) is 17.1. The SMILES string of the molecule is C[C@H]1CCCN(Cc2ccc(NC(=O)CCC(=O)c3ccccc3)cc2)C1. The number of nitrogens with zero attached hydrogens (tertiary/aromatic N) is 1. The van der Waals surface area contributed by atoms with Crippen LogP contribution in [0.3, 0.4) is 0 Å². The third kappa shape index (κ3) is 6.04. The van der Waals surface area contributed by atoms with Crippen molar-refractivity contribution in [2.45, 2.75) is 39.2 Å². The van der Waals surface area contributed by atoms with E-state index in [4.69, 9.17) is 0 Å². The number of carbonyl (C=O) groups excluding carboxylic acids is 2. The first-order valence-electron chi connectivity index (χ1n) is 9.79. The van der Waals surface area contributed by atoms with Crippen molar-refractivity contribution in [2.75, 3.05) is 18.4 Å². The van der Waals surface area contributed by atoms with Crippen LogP contribution < -0.4 is 5.32 Å². The highest BCUT2D eigenvalue weighted by Crippen LogP contribution is 2.19. The zero-order valence-electron chi connectivity index (χ0n) is 16.0. The number of Topliss-reactive ketones (excluding diaryl/α,β-unsaturated/α-hetero) is 1. The fourth-order valence-electron chi connectivity index (χ4n) is 3.60. The van der Waals surface area contributed by atoms with Crippen molar-refractivity contribution in [2.24, 2.45) is 5.92 Å². The summed E-state index contributed by atoms with van der Waals surface area (Å²) in [6.07, 6.45) is 3.02. The molecule has 4 heteroatoms. The number of hydrogen-bond donors (Lipinski definition) is 1. The number of rotatable bonds is 7. The maximum Gasteiger partial charge on any atom is 0.224 e. The number of carbonyl (C=O) groups is 2. The number of piperidine rings is 1. The highest BCUT2D eigenvalue weighted by molar-refractivity contribution is 5.99. The van der Waals surface area contributed by atoms with Gasteiger partial charge in [-0.25, -0.2) is 0 Å². The summed E-state index contributed by atoms with van der Waals surface area (Å²) in [7, 11) is 0. The summed E-state index contributed by atoms with van der Waals surface area (Å²) >= 11 is 0. The van der Waals surface area contributed by atoms with Gasteiger partial charge in [-0.2, -0.15) is 0 Å². The molecule has 1 heterocycles. The molecule has 0 radical (unpaired) electrons. The topological polar surface area (TPSA) is 49.4 Å². The fourth-order valence-corrected chi connectivity index (χ4v) is 3.60. The molecule has 1 saturated heterocycles. The van der Waals surface area contributed by atoms with Crippen LogP contribution in [0.15, 0.2) is 54.6 Å². The Hall–Kier alpha value is -2.46. The second-order valence-electron chi connectivity index (χ2n) is 7.52. The molecule has 1 aliphatic heterocycles. The third-order valence-electron chi connectivity index (χ3n) is 5.06. The molecule has 0 spiro atoms. The minimum absolute atomic E-state index is 0.00291. The molecule has 1 fully saturated rings. The number of likely N-dealkylation sites (tertiary alicyclic amines) is 1. The lowest BCUT2D eigenvalue weighted by Crippen LogP contribution is -2.33. The number of nitrogens with one attached hydrogen (secondary N) is 1. The van der Waals surface area contributed by atoms with Crippen LogP contribution in [-0.4, -0.2) is 29.7 Å². The summed E-state index contributed by atoms with van der Waals surface area (Å²) in [6.45, 7) is 5.60. The van der Waals surface area contributed by atoms with Gasteiger partial charge in [-0.05, 0) is 43.0 Å². The van der Waals surface area contributed by atoms with E-state index in [0.717, 1.165) is 31.2 Å². The highest BCUT2D eigenvalue weighted by Gasteiger charge is 2.16. The van der Waals surface area contributed by atoms with Crippen molar-refractivity contribution < 1.29 is 9.59 Å². The Bertz CT molecular complexity index is 756. The molecule has 0 aliphatic carbocycles. The lowest BCUT2D eigenvalue weighted by molar-refractivity contribution is -0.116. The lowest BCUT2D eigenvalue weighted by atomic mass is 10.00. The quantitative estimate of drug-likeness (QED) is 0.735. The molecule has 142 valence electrons. The van der Waals surface area contributed by atoms with Crippen molar-refractivity contribution >= 4 is 17.4 Å². The van der Waals surface area contributed by atoms with Gasteiger partial charge in [0.25, 0.3) is 0 Å². The maximum atomic E-state index is 12.1. The molecular weight excluding hydrogens is 336 g/mol. The molecule has 2 aromatic rings. The minimum Gasteiger partial charge on any atom is -0.326 e. The van der Waals surface area contributed by atoms with Crippen LogP contribution in [0, 0.1) is 5.92 Å². The number of anilines is 1. The van der Waals surface area contributed by atoms with Crippen LogP contribution >= 0.6 is 0 Å². The third-order valence-corrected chi connectivity index (χ3v) is 5.06. The minimum atomic E-state index is -0.128. The first-order chi connectivity index (χ1) is 13.1. The van der Waals surface area contributed by atoms with E-state index < -0.39 is 0 Å². The van der Waals surface area contributed by atoms with Crippen molar-refractivity contribution in [1.29, 1.82) is 0 Å². The average Bonchev–Trinajstić information content (AvgIpc) is 2.68. The van der Waals surface area contributed by atoms with E-state index in [-0.39, 0.29) is 24.5 Å². The number of hydrogen-bond acceptors (Lipinski definition) is 3. The van der Waals surface area contributed by atoms with Gasteiger partial charge in [0, 0.05) is 37.2 Å². The summed E-state index contributed by atoms with van der Waals surface area (Å²) in [5, 5.41) is 2.88. The molecule has 1 amide bonds. The summed E-state index contributed by atoms with van der Waals surface area (Å²) in [5.74, 6) is 0.643. The number of amides is 1. The Morgan fingerprint density at radius 1 is 1.04 bits per heavy atom. The summed E-state index contributed by atoms with van der Waals surface area (Å²) in [4.78, 5) is 26.7. The molecule has 27 heavy (non-hydrogen) atoms. The van der Waals surface area contributed by atoms with Crippen LogP contribution in [0.25, 0.3) is 0 Å². The van der Waals surface area contributed by atoms with E-state index in [0.29, 0.717) is 5.56 Å². The predicted octanol–water partition coefficient (Wildman–Crippen LogP) is 4.52. The van der Waals surface area contributed by atoms with Crippen molar-refractivity contribution in [3.63, 3.8) is 0 Å². The smallest absolute Gasteiger partial charge is 0.224 e. The van der Waals surface area contributed by atoms with Gasteiger partial charge in [-0.3, -0.25) is 14.5 Å². The van der Waals surface area contributed by atoms with Crippen molar-refractivity contribution in [1.82, 2.24) is 4.90 Å². The number of ketones is 1. The van der Waals surface area contributed by atoms with E-state index in [1.54, 1.807) is 12.1 Å². The monoisotopic (exact) mass is 364 g/mol. The van der Waals surface area contributed by atoms with Crippen molar-refractivity contribution in [3.05, 3.63) is 65.7 Å². The molecule has 1 atom stereocenters.